The molecule has 0 spiro atoms. The van der Waals surface area contributed by atoms with Gasteiger partial charge in [0.1, 0.15) is 10.6 Å². The van der Waals surface area contributed by atoms with Crippen LogP contribution in [-0.4, -0.2) is 27.0 Å². The third kappa shape index (κ3) is 5.70. The summed E-state index contributed by atoms with van der Waals surface area (Å²) in [4.78, 5) is 11.2. The molecule has 6 nitrogen and oxygen atoms in total. The van der Waals surface area contributed by atoms with Gasteiger partial charge < -0.3 is 10.1 Å². The van der Waals surface area contributed by atoms with E-state index in [1.807, 2.05) is 13.8 Å². The van der Waals surface area contributed by atoms with Crippen LogP contribution >= 0.6 is 23.2 Å². The first kappa shape index (κ1) is 18.0. The molecule has 0 aromatic heterocycles. The number of amides is 1. The molecule has 118 valence electrons. The minimum absolute atomic E-state index is 0.0459. The Morgan fingerprint density at radius 2 is 1.95 bits per heavy atom. The van der Waals surface area contributed by atoms with Crippen LogP contribution in [0.2, 0.25) is 10.0 Å². The second kappa shape index (κ2) is 7.31. The first-order valence-corrected chi connectivity index (χ1v) is 8.35. The fourth-order valence-electron chi connectivity index (χ4n) is 1.49. The number of rotatable bonds is 6. The van der Waals surface area contributed by atoms with Gasteiger partial charge in [-0.25, -0.2) is 13.6 Å². The Labute approximate surface area is 133 Å². The van der Waals surface area contributed by atoms with Crippen molar-refractivity contribution in [3.8, 4) is 5.75 Å². The van der Waals surface area contributed by atoms with E-state index < -0.39 is 10.0 Å². The molecule has 21 heavy (non-hydrogen) atoms. The van der Waals surface area contributed by atoms with E-state index in [9.17, 15) is 13.2 Å². The molecule has 0 fully saturated rings. The summed E-state index contributed by atoms with van der Waals surface area (Å²) < 4.78 is 27.9. The van der Waals surface area contributed by atoms with E-state index in [1.165, 1.54) is 6.07 Å². The van der Waals surface area contributed by atoms with Gasteiger partial charge in [-0.3, -0.25) is 4.79 Å². The van der Waals surface area contributed by atoms with Gasteiger partial charge in [0.2, 0.25) is 15.9 Å². The van der Waals surface area contributed by atoms with Gasteiger partial charge >= 0.3 is 0 Å². The molecule has 0 aliphatic rings. The molecule has 0 aliphatic carbocycles. The van der Waals surface area contributed by atoms with Crippen molar-refractivity contribution < 1.29 is 17.9 Å². The first-order valence-electron chi connectivity index (χ1n) is 6.05. The lowest BCUT2D eigenvalue weighted by Crippen LogP contribution is -2.31. The zero-order valence-corrected chi connectivity index (χ0v) is 13.8. The fourth-order valence-corrected chi connectivity index (χ4v) is 2.86. The molecule has 0 aliphatic heterocycles. The number of benzene rings is 1. The third-order valence-corrected chi connectivity index (χ3v) is 4.00. The van der Waals surface area contributed by atoms with Gasteiger partial charge in [-0.2, -0.15) is 0 Å². The van der Waals surface area contributed by atoms with Crippen molar-refractivity contribution in [3.63, 3.8) is 0 Å². The highest BCUT2D eigenvalue weighted by Crippen LogP contribution is 2.33. The zero-order chi connectivity index (χ0) is 16.2. The number of carbonyl (C=O) groups is 1. The molecular formula is C12H16Cl2N2O4S. The highest BCUT2D eigenvalue weighted by molar-refractivity contribution is 7.89. The number of primary sulfonamides is 1. The molecule has 1 aromatic carbocycles. The van der Waals surface area contributed by atoms with Crippen molar-refractivity contribution in [1.82, 2.24) is 5.32 Å². The lowest BCUT2D eigenvalue weighted by Gasteiger charge is -2.11. The monoisotopic (exact) mass is 354 g/mol. The molecule has 1 aromatic rings. The summed E-state index contributed by atoms with van der Waals surface area (Å²) in [5.41, 5.74) is 0. The van der Waals surface area contributed by atoms with Crippen molar-refractivity contribution >= 4 is 39.1 Å². The molecule has 0 saturated carbocycles. The summed E-state index contributed by atoms with van der Waals surface area (Å²) in [6.07, 6.45) is 0.142. The molecule has 0 unspecified atom stereocenters. The van der Waals surface area contributed by atoms with Crippen molar-refractivity contribution in [3.05, 3.63) is 22.2 Å². The van der Waals surface area contributed by atoms with Crippen LogP contribution < -0.4 is 15.2 Å². The number of sulfonamides is 1. The maximum Gasteiger partial charge on any atom is 0.239 e. The minimum Gasteiger partial charge on any atom is -0.491 e. The number of halogens is 2. The molecule has 0 bridgehead atoms. The normalized spacial score (nSPS) is 11.5. The van der Waals surface area contributed by atoms with Crippen LogP contribution in [0.5, 0.6) is 5.75 Å². The number of ether oxygens (including phenoxy) is 1. The summed E-state index contributed by atoms with van der Waals surface area (Å²) in [7, 11) is -3.96. The highest BCUT2D eigenvalue weighted by atomic mass is 35.5. The summed E-state index contributed by atoms with van der Waals surface area (Å²) in [6, 6.07) is 2.41. The summed E-state index contributed by atoms with van der Waals surface area (Å²) in [5.74, 6) is 0.0276. The van der Waals surface area contributed by atoms with Crippen LogP contribution in [0, 0.1) is 0 Å². The quantitative estimate of drug-likeness (QED) is 0.815. The Balaban J connectivity index is 2.74. The smallest absolute Gasteiger partial charge is 0.239 e. The standard InChI is InChI=1S/C12H16Cl2N2O4S/c1-7(2)16-12(17)3-4-20-10-5-9(14)11(6-8(10)13)21(15,18)19/h5-7H,3-4H2,1-2H3,(H,16,17)(H2,15,18,19). The van der Waals surface area contributed by atoms with E-state index in [0.29, 0.717) is 0 Å². The third-order valence-electron chi connectivity index (χ3n) is 2.33. The highest BCUT2D eigenvalue weighted by Gasteiger charge is 2.17. The maximum absolute atomic E-state index is 11.4. The predicted molar refractivity (Wildman–Crippen MR) is 81.2 cm³/mol. The van der Waals surface area contributed by atoms with Crippen molar-refractivity contribution in [1.29, 1.82) is 0 Å². The first-order chi connectivity index (χ1) is 9.61. The van der Waals surface area contributed by atoms with Gasteiger partial charge in [0.15, 0.2) is 0 Å². The van der Waals surface area contributed by atoms with Crippen molar-refractivity contribution in [2.75, 3.05) is 6.61 Å². The SMILES string of the molecule is CC(C)NC(=O)CCOc1cc(Cl)c(S(N)(=O)=O)cc1Cl. The molecule has 1 rings (SSSR count). The summed E-state index contributed by atoms with van der Waals surface area (Å²) >= 11 is 11.7. The Hall–Kier alpha value is -1.02. The van der Waals surface area contributed by atoms with Crippen molar-refractivity contribution in [2.24, 2.45) is 5.14 Å². The van der Waals surface area contributed by atoms with Gasteiger partial charge in [0.25, 0.3) is 0 Å². The second-order valence-electron chi connectivity index (χ2n) is 4.58. The van der Waals surface area contributed by atoms with Crippen LogP contribution in [0.1, 0.15) is 20.3 Å². The van der Waals surface area contributed by atoms with Gasteiger partial charge in [-0.1, -0.05) is 23.2 Å². The van der Waals surface area contributed by atoms with Crippen LogP contribution in [-0.2, 0) is 14.8 Å². The van der Waals surface area contributed by atoms with Gasteiger partial charge in [0, 0.05) is 12.1 Å². The second-order valence-corrected chi connectivity index (χ2v) is 6.92. The molecule has 0 atom stereocenters. The Morgan fingerprint density at radius 1 is 1.33 bits per heavy atom. The number of nitrogens with two attached hydrogens (primary N) is 1. The maximum atomic E-state index is 11.4. The fraction of sp³-hybridized carbons (Fsp3) is 0.417. The molecule has 0 heterocycles. The molecule has 0 radical (unpaired) electrons. The van der Waals surface area contributed by atoms with Crippen LogP contribution in [0.4, 0.5) is 0 Å². The lowest BCUT2D eigenvalue weighted by atomic mass is 10.3. The van der Waals surface area contributed by atoms with Crippen molar-refractivity contribution in [2.45, 2.75) is 31.2 Å². The van der Waals surface area contributed by atoms with Gasteiger partial charge in [-0.15, -0.1) is 0 Å². The Morgan fingerprint density at radius 3 is 2.48 bits per heavy atom. The molecule has 1 amide bonds. The van der Waals surface area contributed by atoms with Crippen LogP contribution in [0.15, 0.2) is 17.0 Å². The lowest BCUT2D eigenvalue weighted by molar-refractivity contribution is -0.122. The van der Waals surface area contributed by atoms with Crippen LogP contribution in [0.3, 0.4) is 0 Å². The summed E-state index contributed by atoms with van der Waals surface area (Å²) in [6.45, 7) is 3.78. The predicted octanol–water partition coefficient (Wildman–Crippen LogP) is 1.93. The number of carbonyl (C=O) groups excluding carboxylic acids is 1. The topological polar surface area (TPSA) is 98.5 Å². The van der Waals surface area contributed by atoms with E-state index in [-0.39, 0.29) is 45.7 Å². The average Bonchev–Trinajstić information content (AvgIpc) is 2.30. The Kier molecular flexibility index (Phi) is 6.27. The minimum atomic E-state index is -3.96. The molecule has 9 heteroatoms. The average molecular weight is 355 g/mol. The number of nitrogens with one attached hydrogen (secondary N) is 1. The summed E-state index contributed by atoms with van der Waals surface area (Å²) in [5, 5.41) is 7.66. The molecule has 0 saturated heterocycles. The van der Waals surface area contributed by atoms with E-state index in [4.69, 9.17) is 33.1 Å². The van der Waals surface area contributed by atoms with Gasteiger partial charge in [0.05, 0.1) is 23.1 Å². The molecule has 3 N–H and O–H groups in total. The largest absolute Gasteiger partial charge is 0.491 e. The number of hydrogen-bond donors (Lipinski definition) is 2. The van der Waals surface area contributed by atoms with E-state index >= 15 is 0 Å². The number of hydrogen-bond acceptors (Lipinski definition) is 4. The van der Waals surface area contributed by atoms with Crippen LogP contribution in [0.25, 0.3) is 0 Å². The zero-order valence-electron chi connectivity index (χ0n) is 11.5. The van der Waals surface area contributed by atoms with Gasteiger partial charge in [-0.05, 0) is 19.9 Å². The van der Waals surface area contributed by atoms with E-state index in [1.54, 1.807) is 0 Å². The van der Waals surface area contributed by atoms with E-state index in [2.05, 4.69) is 5.32 Å². The Bertz CT molecular complexity index is 632. The molecular weight excluding hydrogens is 339 g/mol. The van der Waals surface area contributed by atoms with E-state index in [0.717, 1.165) is 6.07 Å².